The van der Waals surface area contributed by atoms with Gasteiger partial charge in [0.25, 0.3) is 0 Å². The van der Waals surface area contributed by atoms with Gasteiger partial charge in [0.1, 0.15) is 55.6 Å². The molecule has 8 rings (SSSR count). The van der Waals surface area contributed by atoms with Crippen molar-refractivity contribution >= 4 is 30.2 Å². The van der Waals surface area contributed by atoms with Gasteiger partial charge in [-0.2, -0.15) is 0 Å². The van der Waals surface area contributed by atoms with Gasteiger partial charge in [-0.05, 0) is 104 Å². The van der Waals surface area contributed by atoms with Gasteiger partial charge in [0.2, 0.25) is 12.6 Å². The molecule has 5 aliphatic carbocycles. The number of carbonyl (C=O) groups is 5. The van der Waals surface area contributed by atoms with Crippen LogP contribution in [0.25, 0.3) is 0 Å². The molecule has 0 radical (unpaired) electrons. The Morgan fingerprint density at radius 3 is 2.12 bits per heavy atom. The highest BCUT2D eigenvalue weighted by molar-refractivity contribution is 5.79. The summed E-state index contributed by atoms with van der Waals surface area (Å²) in [6.07, 6.45) is -11.6. The Balaban J connectivity index is 1.05. The van der Waals surface area contributed by atoms with E-state index in [0.29, 0.717) is 51.4 Å². The summed E-state index contributed by atoms with van der Waals surface area (Å²) in [5.74, 6) is -9.71. The second-order valence-corrected chi connectivity index (χ2v) is 22.6. The second kappa shape index (κ2) is 17.5. The lowest BCUT2D eigenvalue weighted by Gasteiger charge is -2.71. The van der Waals surface area contributed by atoms with E-state index in [9.17, 15) is 64.8 Å². The number of aliphatic carboxylic acids is 3. The Morgan fingerprint density at radius 2 is 1.49 bits per heavy atom. The van der Waals surface area contributed by atoms with Crippen molar-refractivity contribution in [3.05, 3.63) is 11.6 Å². The van der Waals surface area contributed by atoms with E-state index in [1.807, 2.05) is 0 Å². The summed E-state index contributed by atoms with van der Waals surface area (Å²) in [5.41, 5.74) is -2.30. The lowest BCUT2D eigenvalue weighted by Crippen LogP contribution is -2.72. The summed E-state index contributed by atoms with van der Waals surface area (Å²) in [4.78, 5) is 64.2. The van der Waals surface area contributed by atoms with Gasteiger partial charge in [0.05, 0.1) is 23.5 Å². The zero-order valence-corrected chi connectivity index (χ0v) is 39.2. The van der Waals surface area contributed by atoms with Crippen LogP contribution in [0.4, 0.5) is 0 Å². The van der Waals surface area contributed by atoms with Crippen LogP contribution in [0.3, 0.4) is 0 Å². The van der Waals surface area contributed by atoms with Gasteiger partial charge in [-0.1, -0.05) is 53.2 Å². The van der Waals surface area contributed by atoms with E-state index in [-0.39, 0.29) is 35.0 Å². The van der Waals surface area contributed by atoms with E-state index in [1.54, 1.807) is 6.92 Å². The van der Waals surface area contributed by atoms with Crippen LogP contribution in [0, 0.1) is 50.2 Å². The van der Waals surface area contributed by atoms with Gasteiger partial charge >= 0.3 is 29.7 Å². The van der Waals surface area contributed by atoms with Crippen molar-refractivity contribution in [1.29, 1.82) is 0 Å². The summed E-state index contributed by atoms with van der Waals surface area (Å²) in [5, 5.41) is 93.2. The molecule has 3 saturated heterocycles. The highest BCUT2D eigenvalue weighted by Crippen LogP contribution is 2.76. The highest BCUT2D eigenvalue weighted by atomic mass is 16.8. The van der Waals surface area contributed by atoms with Crippen molar-refractivity contribution in [1.82, 2.24) is 0 Å². The minimum absolute atomic E-state index is 0.0464. The number of carboxylic acid groups (broad SMARTS) is 3. The molecular weight excluding hydrogens is 900 g/mol. The van der Waals surface area contributed by atoms with Gasteiger partial charge in [0.15, 0.2) is 12.4 Å². The topological polar surface area (TPSA) is 332 Å². The minimum Gasteiger partial charge on any atom is -0.480 e. The first-order valence-electron chi connectivity index (χ1n) is 23.7. The number of rotatable bonds is 11. The quantitative estimate of drug-likeness (QED) is 0.0600. The number of fused-ring (bicyclic) bond motifs is 8. The highest BCUT2D eigenvalue weighted by Gasteiger charge is 2.71. The summed E-state index contributed by atoms with van der Waals surface area (Å²) < 4.78 is 39.6. The maximum Gasteiger partial charge on any atom is 0.369 e. The molecule has 382 valence electrons. The molecule has 9 N–H and O–H groups in total. The fraction of sp³-hybridized carbons (Fsp3) is 0.851. The van der Waals surface area contributed by atoms with E-state index >= 15 is 0 Å². The lowest BCUT2D eigenvalue weighted by atomic mass is 9.33. The number of hydrogen-bond donors (Lipinski definition) is 9. The lowest BCUT2D eigenvalue weighted by molar-refractivity contribution is -0.435. The Kier molecular flexibility index (Phi) is 13.2. The van der Waals surface area contributed by atoms with E-state index < -0.39 is 138 Å². The SMILES string of the molecule is CC1(C)CC[C@]2(C(=O)O[C@@H]3O[C@H](CO)[C@@H](O)[C@H](O)[C@H]3O)CC[C@]3(C)C(=CC[C@@H]4[C@@]5(C)CC[C@H](O[C@@H]6O[C@H](C(=O)O)[C@H]7O[C@@](O)(C(=O)O)[C@@H](OCC(=O)O)O[C@@H]7[C@H]6O)[C@@](C)(C=O)[C@H]5CC[C@]43C)[C@@H]2C1. The molecule has 3 heterocycles. The maximum atomic E-state index is 14.7. The van der Waals surface area contributed by atoms with Crippen molar-refractivity contribution < 1.29 is 103 Å². The number of ether oxygens (including phenoxy) is 7. The minimum atomic E-state index is -3.39. The van der Waals surface area contributed by atoms with Crippen LogP contribution in [-0.4, -0.2) is 169 Å². The van der Waals surface area contributed by atoms with Gasteiger partial charge in [0, 0.05) is 0 Å². The van der Waals surface area contributed by atoms with Gasteiger partial charge < -0.3 is 83.9 Å². The molecule has 0 aromatic carbocycles. The van der Waals surface area contributed by atoms with E-state index in [2.05, 4.69) is 40.7 Å². The van der Waals surface area contributed by atoms with E-state index in [0.717, 1.165) is 12.7 Å². The number of aliphatic hydroxyl groups is 6. The molecule has 0 spiro atoms. The van der Waals surface area contributed by atoms with Gasteiger partial charge in [-0.15, -0.1) is 0 Å². The second-order valence-electron chi connectivity index (χ2n) is 22.6. The average molecular weight is 969 g/mol. The Bertz CT molecular complexity index is 2040. The Morgan fingerprint density at radius 1 is 0.794 bits per heavy atom. The van der Waals surface area contributed by atoms with Crippen LogP contribution in [0.2, 0.25) is 0 Å². The third-order valence-corrected chi connectivity index (χ3v) is 18.7. The number of aliphatic hydroxyl groups excluding tert-OH is 5. The van der Waals surface area contributed by atoms with Crippen molar-refractivity contribution in [2.45, 2.75) is 185 Å². The van der Waals surface area contributed by atoms with E-state index in [1.165, 1.54) is 5.57 Å². The molecule has 8 aliphatic rings. The van der Waals surface area contributed by atoms with Crippen LogP contribution in [0.1, 0.15) is 106 Å². The normalized spacial score (nSPS) is 50.6. The van der Waals surface area contributed by atoms with E-state index in [4.69, 9.17) is 38.3 Å². The molecule has 4 saturated carbocycles. The monoisotopic (exact) mass is 968 g/mol. The molecule has 21 atom stereocenters. The maximum absolute atomic E-state index is 14.7. The molecule has 0 aromatic rings. The van der Waals surface area contributed by atoms with Crippen molar-refractivity contribution in [3.63, 3.8) is 0 Å². The summed E-state index contributed by atoms with van der Waals surface area (Å²) >= 11 is 0. The molecule has 21 nitrogen and oxygen atoms in total. The number of hydrogen-bond acceptors (Lipinski definition) is 18. The predicted octanol–water partition coefficient (Wildman–Crippen LogP) is 0.850. The number of aldehydes is 1. The molecule has 0 aromatic heterocycles. The summed E-state index contributed by atoms with van der Waals surface area (Å²) in [6.45, 7) is 11.2. The first kappa shape index (κ1) is 51.2. The van der Waals surface area contributed by atoms with Crippen molar-refractivity contribution in [2.24, 2.45) is 50.2 Å². The molecule has 3 aliphatic heterocycles. The number of allylic oxidation sites excluding steroid dienone is 2. The number of carbonyl (C=O) groups excluding carboxylic acids is 2. The predicted molar refractivity (Wildman–Crippen MR) is 226 cm³/mol. The smallest absolute Gasteiger partial charge is 0.369 e. The molecule has 0 unspecified atom stereocenters. The summed E-state index contributed by atoms with van der Waals surface area (Å²) in [6, 6.07) is 0. The molecular formula is C47H68O21. The van der Waals surface area contributed by atoms with Crippen LogP contribution < -0.4 is 0 Å². The van der Waals surface area contributed by atoms with Gasteiger partial charge in [-0.25, -0.2) is 14.4 Å². The van der Waals surface area contributed by atoms with Crippen LogP contribution in [-0.2, 0) is 57.1 Å². The molecule has 0 amide bonds. The van der Waals surface area contributed by atoms with Crippen LogP contribution >= 0.6 is 0 Å². The fourth-order valence-corrected chi connectivity index (χ4v) is 14.6. The largest absolute Gasteiger partial charge is 0.480 e. The molecule has 21 heteroatoms. The average Bonchev–Trinajstić information content (AvgIpc) is 3.27. The molecule has 7 fully saturated rings. The molecule has 0 bridgehead atoms. The zero-order chi connectivity index (χ0) is 49.9. The third kappa shape index (κ3) is 7.68. The zero-order valence-electron chi connectivity index (χ0n) is 39.2. The van der Waals surface area contributed by atoms with Crippen LogP contribution in [0.15, 0.2) is 11.6 Å². The summed E-state index contributed by atoms with van der Waals surface area (Å²) in [7, 11) is 0. The standard InChI is InChI=1S/C47H68O21/c1-41(2)13-15-46(39(60)67-36-30(54)29(53)28(52)23(18-48)63-36)16-14-44(5)21(22(46)17-41)7-8-25-42(3)11-10-26(43(4,20-49)24(42)9-12-45(25,44)6)64-37-31(55)32-33(34(65-37)35(56)57)68-47(61,38(58)59)40(66-32)62-19-27(50)51/h7,20,22-26,28-34,36-37,40,48,52-55,61H,8-19H2,1-6H3,(H,50,51)(H,56,57)(H,58,59)/t22-,23+,24-,25+,26-,28+,29-,30+,31+,32+,33-,34-,36-,37+,40-,42-,43-,44+,45+,46-,47-/m0/s1. The third-order valence-electron chi connectivity index (χ3n) is 18.7. The first-order chi connectivity index (χ1) is 31.7. The van der Waals surface area contributed by atoms with Crippen LogP contribution in [0.5, 0.6) is 0 Å². The number of esters is 1. The fourth-order valence-electron chi connectivity index (χ4n) is 14.6. The first-order valence-corrected chi connectivity index (χ1v) is 23.7. The Labute approximate surface area is 393 Å². The van der Waals surface area contributed by atoms with Gasteiger partial charge in [-0.3, -0.25) is 4.79 Å². The van der Waals surface area contributed by atoms with Crippen molar-refractivity contribution in [2.75, 3.05) is 13.2 Å². The Hall–Kier alpha value is -3.19. The van der Waals surface area contributed by atoms with Crippen molar-refractivity contribution in [3.8, 4) is 0 Å². The molecule has 68 heavy (non-hydrogen) atoms. The number of carboxylic acids is 3.